The molecule has 9 heteroatoms. The molecule has 0 aliphatic carbocycles. The van der Waals surface area contributed by atoms with Gasteiger partial charge in [0.05, 0.1) is 19.9 Å². The zero-order valence-electron chi connectivity index (χ0n) is 19.6. The Labute approximate surface area is 210 Å². The number of anilines is 1. The van der Waals surface area contributed by atoms with Crippen molar-refractivity contribution in [3.63, 3.8) is 0 Å². The number of amides is 3. The van der Waals surface area contributed by atoms with E-state index in [0.29, 0.717) is 69.5 Å². The van der Waals surface area contributed by atoms with Crippen molar-refractivity contribution in [2.75, 3.05) is 57.5 Å². The van der Waals surface area contributed by atoms with E-state index in [1.807, 2.05) is 30.3 Å². The number of hydrogen-bond donors (Lipinski definition) is 0. The lowest BCUT2D eigenvalue weighted by molar-refractivity contribution is -0.143. The number of carbonyl (C=O) groups excluding carboxylic acids is 3. The van der Waals surface area contributed by atoms with E-state index in [4.69, 9.17) is 16.3 Å². The Hall–Kier alpha value is -3.10. The van der Waals surface area contributed by atoms with E-state index in [1.165, 1.54) is 0 Å². The number of piperidine rings is 1. The Morgan fingerprint density at radius 1 is 0.914 bits per heavy atom. The van der Waals surface area contributed by atoms with Crippen molar-refractivity contribution in [2.45, 2.75) is 18.4 Å². The normalized spacial score (nSPS) is 20.0. The van der Waals surface area contributed by atoms with Gasteiger partial charge in [0.1, 0.15) is 12.1 Å². The second-order valence-electron chi connectivity index (χ2n) is 9.24. The van der Waals surface area contributed by atoms with E-state index >= 15 is 0 Å². The summed E-state index contributed by atoms with van der Waals surface area (Å²) in [7, 11) is 0. The van der Waals surface area contributed by atoms with Gasteiger partial charge in [-0.3, -0.25) is 14.4 Å². The van der Waals surface area contributed by atoms with Gasteiger partial charge in [-0.15, -0.1) is 0 Å². The summed E-state index contributed by atoms with van der Waals surface area (Å²) in [6, 6.07) is 16.8. The van der Waals surface area contributed by atoms with Gasteiger partial charge in [0.2, 0.25) is 5.91 Å². The predicted molar refractivity (Wildman–Crippen MR) is 132 cm³/mol. The molecule has 0 radical (unpaired) electrons. The molecule has 1 spiro atoms. The van der Waals surface area contributed by atoms with Crippen LogP contribution in [-0.4, -0.2) is 90.6 Å². The van der Waals surface area contributed by atoms with Crippen molar-refractivity contribution in [1.82, 2.24) is 14.7 Å². The van der Waals surface area contributed by atoms with Crippen LogP contribution >= 0.6 is 11.6 Å². The van der Waals surface area contributed by atoms with Gasteiger partial charge >= 0.3 is 0 Å². The molecule has 3 aliphatic rings. The van der Waals surface area contributed by atoms with E-state index in [-0.39, 0.29) is 24.3 Å². The number of ether oxygens (including phenoxy) is 1. The lowest BCUT2D eigenvalue weighted by Gasteiger charge is -2.43. The fourth-order valence-corrected chi connectivity index (χ4v) is 5.47. The molecule has 2 aromatic carbocycles. The van der Waals surface area contributed by atoms with Gasteiger partial charge in [-0.25, -0.2) is 0 Å². The van der Waals surface area contributed by atoms with Crippen LogP contribution in [0.1, 0.15) is 23.2 Å². The Balaban J connectivity index is 1.35. The number of para-hydroxylation sites is 1. The summed E-state index contributed by atoms with van der Waals surface area (Å²) in [4.78, 5) is 47.2. The van der Waals surface area contributed by atoms with E-state index in [0.717, 1.165) is 5.69 Å². The Morgan fingerprint density at radius 2 is 1.63 bits per heavy atom. The zero-order valence-corrected chi connectivity index (χ0v) is 20.3. The lowest BCUT2D eigenvalue weighted by atomic mass is 9.85. The average molecular weight is 497 g/mol. The summed E-state index contributed by atoms with van der Waals surface area (Å²) < 4.78 is 5.35. The van der Waals surface area contributed by atoms with Crippen molar-refractivity contribution in [3.05, 3.63) is 65.2 Å². The molecule has 8 nitrogen and oxygen atoms in total. The molecule has 5 rings (SSSR count). The Kier molecular flexibility index (Phi) is 6.67. The summed E-state index contributed by atoms with van der Waals surface area (Å²) in [5.74, 6) is -0.184. The molecule has 3 saturated heterocycles. The Morgan fingerprint density at radius 3 is 2.31 bits per heavy atom. The second-order valence-corrected chi connectivity index (χ2v) is 9.67. The number of rotatable bonds is 4. The van der Waals surface area contributed by atoms with Gasteiger partial charge in [-0.05, 0) is 43.2 Å². The minimum Gasteiger partial charge on any atom is -0.378 e. The first-order valence-corrected chi connectivity index (χ1v) is 12.4. The number of benzene rings is 2. The smallest absolute Gasteiger partial charge is 0.253 e. The molecule has 0 saturated carbocycles. The van der Waals surface area contributed by atoms with Crippen LogP contribution in [-0.2, 0) is 14.3 Å². The molecule has 184 valence electrons. The van der Waals surface area contributed by atoms with Crippen LogP contribution in [0.15, 0.2) is 54.6 Å². The third-order valence-corrected chi connectivity index (χ3v) is 7.46. The molecule has 0 N–H and O–H groups in total. The molecule has 3 amide bonds. The number of carbonyl (C=O) groups is 3. The maximum absolute atomic E-state index is 13.8. The summed E-state index contributed by atoms with van der Waals surface area (Å²) in [6.45, 7) is 3.45. The maximum atomic E-state index is 13.8. The lowest BCUT2D eigenvalue weighted by Crippen LogP contribution is -2.57. The molecule has 3 heterocycles. The van der Waals surface area contributed by atoms with E-state index in [9.17, 15) is 14.4 Å². The second kappa shape index (κ2) is 9.87. The molecule has 35 heavy (non-hydrogen) atoms. The third-order valence-electron chi connectivity index (χ3n) is 7.22. The average Bonchev–Trinajstić information content (AvgIpc) is 3.16. The Bertz CT molecular complexity index is 1100. The minimum absolute atomic E-state index is 0.0437. The predicted octanol–water partition coefficient (Wildman–Crippen LogP) is 2.48. The minimum atomic E-state index is -0.780. The number of nitrogens with zero attached hydrogens (tertiary/aromatic N) is 4. The SMILES string of the molecule is O=C(CN1CN(c2ccccc2)C2(CCN(C(=O)c3cccc(Cl)c3)CC2)C1=O)N1CCOCC1. The fourth-order valence-electron chi connectivity index (χ4n) is 5.28. The first-order chi connectivity index (χ1) is 17.0. The number of morpholine rings is 1. The van der Waals surface area contributed by atoms with Gasteiger partial charge < -0.3 is 24.3 Å². The largest absolute Gasteiger partial charge is 0.378 e. The van der Waals surface area contributed by atoms with Crippen LogP contribution in [0, 0.1) is 0 Å². The van der Waals surface area contributed by atoms with E-state index in [2.05, 4.69) is 4.90 Å². The highest BCUT2D eigenvalue weighted by molar-refractivity contribution is 6.31. The maximum Gasteiger partial charge on any atom is 0.253 e. The van der Waals surface area contributed by atoms with Crippen LogP contribution in [0.3, 0.4) is 0 Å². The summed E-state index contributed by atoms with van der Waals surface area (Å²) in [6.07, 6.45) is 0.991. The molecule has 2 aromatic rings. The quantitative estimate of drug-likeness (QED) is 0.650. The highest BCUT2D eigenvalue weighted by Gasteiger charge is 2.54. The fraction of sp³-hybridized carbons (Fsp3) is 0.423. The summed E-state index contributed by atoms with van der Waals surface area (Å²) >= 11 is 6.08. The van der Waals surface area contributed by atoms with Crippen LogP contribution in [0.25, 0.3) is 0 Å². The molecular weight excluding hydrogens is 468 g/mol. The molecular formula is C26H29ClN4O4. The van der Waals surface area contributed by atoms with Crippen molar-refractivity contribution in [2.24, 2.45) is 0 Å². The van der Waals surface area contributed by atoms with E-state index < -0.39 is 5.54 Å². The molecule has 0 bridgehead atoms. The van der Waals surface area contributed by atoms with Gasteiger partial charge in [-0.2, -0.15) is 0 Å². The highest BCUT2D eigenvalue weighted by Crippen LogP contribution is 2.39. The highest BCUT2D eigenvalue weighted by atomic mass is 35.5. The number of halogens is 1. The first kappa shape index (κ1) is 23.6. The van der Waals surface area contributed by atoms with Gasteiger partial charge in [0, 0.05) is 42.5 Å². The van der Waals surface area contributed by atoms with Crippen LogP contribution in [0.5, 0.6) is 0 Å². The molecule has 3 fully saturated rings. The van der Waals surface area contributed by atoms with Crippen LogP contribution in [0.2, 0.25) is 5.02 Å². The first-order valence-electron chi connectivity index (χ1n) is 12.0. The van der Waals surface area contributed by atoms with Gasteiger partial charge in [0.15, 0.2) is 0 Å². The third kappa shape index (κ3) is 4.60. The van der Waals surface area contributed by atoms with E-state index in [1.54, 1.807) is 39.0 Å². The van der Waals surface area contributed by atoms with Crippen molar-refractivity contribution >= 4 is 35.0 Å². The number of hydrogen-bond acceptors (Lipinski definition) is 5. The van der Waals surface area contributed by atoms with Crippen molar-refractivity contribution in [3.8, 4) is 0 Å². The molecule has 3 aliphatic heterocycles. The van der Waals surface area contributed by atoms with Crippen molar-refractivity contribution < 1.29 is 19.1 Å². The number of likely N-dealkylation sites (tertiary alicyclic amines) is 1. The molecule has 0 atom stereocenters. The standard InChI is InChI=1S/C26H29ClN4O4/c27-21-6-4-5-20(17-21)24(33)29-11-9-26(10-12-29)25(34)30(18-23(32)28-13-15-35-16-14-28)19-31(26)22-7-2-1-3-8-22/h1-8,17H,9-16,18-19H2. The van der Waals surface area contributed by atoms with Crippen LogP contribution < -0.4 is 4.90 Å². The van der Waals surface area contributed by atoms with Crippen LogP contribution in [0.4, 0.5) is 5.69 Å². The van der Waals surface area contributed by atoms with Gasteiger partial charge in [-0.1, -0.05) is 35.9 Å². The summed E-state index contributed by atoms with van der Waals surface area (Å²) in [5.41, 5.74) is 0.707. The molecule has 0 unspecified atom stereocenters. The topological polar surface area (TPSA) is 73.4 Å². The monoisotopic (exact) mass is 496 g/mol. The zero-order chi connectivity index (χ0) is 24.4. The van der Waals surface area contributed by atoms with Gasteiger partial charge in [0.25, 0.3) is 11.8 Å². The summed E-state index contributed by atoms with van der Waals surface area (Å²) in [5, 5.41) is 0.520. The van der Waals surface area contributed by atoms with Crippen molar-refractivity contribution in [1.29, 1.82) is 0 Å². The molecule has 0 aromatic heterocycles.